The number of terminal acetylenes is 1. The first kappa shape index (κ1) is 25.6. The minimum Gasteiger partial charge on any atom is -0.508 e. The second-order valence-corrected chi connectivity index (χ2v) is 12.0. The van der Waals surface area contributed by atoms with Crippen LogP contribution in [0, 0.1) is 24.0 Å². The van der Waals surface area contributed by atoms with Gasteiger partial charge in [0.1, 0.15) is 28.6 Å². The molecule has 42 heavy (non-hydrogen) atoms. The minimum atomic E-state index is -0.662. The summed E-state index contributed by atoms with van der Waals surface area (Å²) in [5.41, 5.74) is 0.284. The molecule has 4 aromatic rings. The first-order valence-corrected chi connectivity index (χ1v) is 14.5. The van der Waals surface area contributed by atoms with Crippen molar-refractivity contribution in [3.8, 4) is 29.4 Å². The number of fused-ring (bicyclic) bond motifs is 6. The molecule has 8 rings (SSSR count). The zero-order chi connectivity index (χ0) is 28.7. The van der Waals surface area contributed by atoms with E-state index in [1.165, 1.54) is 24.3 Å². The van der Waals surface area contributed by atoms with Crippen molar-refractivity contribution in [2.24, 2.45) is 0 Å². The second kappa shape index (κ2) is 9.48. The molecule has 2 aromatic carbocycles. The number of piperazine rings is 1. The number of hydrogen-bond acceptors (Lipinski definition) is 8. The molecule has 4 bridgehead atoms. The summed E-state index contributed by atoms with van der Waals surface area (Å²) in [6.45, 7) is 2.88. The molecule has 1 N–H and O–H groups in total. The average molecular weight is 569 g/mol. The number of nitrogens with zero attached hydrogens (tertiary/aromatic N) is 6. The molecule has 0 spiro atoms. The van der Waals surface area contributed by atoms with Gasteiger partial charge in [-0.2, -0.15) is 4.98 Å². The highest BCUT2D eigenvalue weighted by Gasteiger charge is 2.40. The van der Waals surface area contributed by atoms with E-state index in [0.717, 1.165) is 38.8 Å². The number of pyridine rings is 1. The van der Waals surface area contributed by atoms with Gasteiger partial charge in [-0.3, -0.25) is 9.88 Å². The predicted octanol–water partition coefficient (Wildman–Crippen LogP) is 4.46. The van der Waals surface area contributed by atoms with E-state index in [1.54, 1.807) is 6.20 Å². The molecule has 6 heterocycles. The molecule has 4 saturated heterocycles. The van der Waals surface area contributed by atoms with E-state index in [-0.39, 0.29) is 40.3 Å². The van der Waals surface area contributed by atoms with Crippen LogP contribution in [0.1, 0.15) is 31.2 Å². The Morgan fingerprint density at radius 1 is 0.976 bits per heavy atom. The number of morpholine rings is 1. The van der Waals surface area contributed by atoms with Crippen LogP contribution in [0.3, 0.4) is 0 Å². The van der Waals surface area contributed by atoms with Crippen LogP contribution in [0.4, 0.5) is 20.5 Å². The summed E-state index contributed by atoms with van der Waals surface area (Å²) in [5, 5.41) is 11.8. The topological polar surface area (TPSA) is 77.9 Å². The smallest absolute Gasteiger partial charge is 0.228 e. The third-order valence-corrected chi connectivity index (χ3v) is 9.58. The van der Waals surface area contributed by atoms with Crippen molar-refractivity contribution in [1.82, 2.24) is 19.9 Å². The zero-order valence-electron chi connectivity index (χ0n) is 23.2. The van der Waals surface area contributed by atoms with Crippen LogP contribution in [0.15, 0.2) is 30.5 Å². The molecular weight excluding hydrogens is 538 g/mol. The van der Waals surface area contributed by atoms with Crippen LogP contribution in [0.5, 0.6) is 5.75 Å². The summed E-state index contributed by atoms with van der Waals surface area (Å²) in [4.78, 5) is 21.2. The molecule has 4 atom stereocenters. The molecular formula is C32H30F2N6O2. The van der Waals surface area contributed by atoms with Crippen molar-refractivity contribution < 1.29 is 18.6 Å². The number of ether oxygens (including phenoxy) is 1. The number of phenols is 1. The normalized spacial score (nSPS) is 25.5. The van der Waals surface area contributed by atoms with Crippen LogP contribution in [0.2, 0.25) is 0 Å². The summed E-state index contributed by atoms with van der Waals surface area (Å²) in [5.74, 6) is 2.18. The van der Waals surface area contributed by atoms with E-state index in [4.69, 9.17) is 21.1 Å². The number of hydrogen-bond donors (Lipinski definition) is 1. The fourth-order valence-corrected chi connectivity index (χ4v) is 7.42. The van der Waals surface area contributed by atoms with E-state index < -0.39 is 11.6 Å². The maximum Gasteiger partial charge on any atom is 0.228 e. The lowest BCUT2D eigenvalue weighted by molar-refractivity contribution is 0.0303. The number of phenolic OH excluding ortho intramolecular Hbond substituents is 1. The van der Waals surface area contributed by atoms with Gasteiger partial charge in [0.15, 0.2) is 5.82 Å². The Kier molecular flexibility index (Phi) is 5.78. The van der Waals surface area contributed by atoms with E-state index in [1.807, 2.05) is 0 Å². The molecule has 0 radical (unpaired) electrons. The minimum absolute atomic E-state index is 0.00966. The fraction of sp³-hybridized carbons (Fsp3) is 0.406. The Morgan fingerprint density at radius 2 is 1.71 bits per heavy atom. The molecule has 4 aliphatic heterocycles. The summed E-state index contributed by atoms with van der Waals surface area (Å²) >= 11 is 0. The van der Waals surface area contributed by atoms with Gasteiger partial charge in [0.2, 0.25) is 5.95 Å². The molecule has 4 fully saturated rings. The van der Waals surface area contributed by atoms with Crippen LogP contribution < -0.4 is 9.80 Å². The Bertz CT molecular complexity index is 1780. The lowest BCUT2D eigenvalue weighted by atomic mass is 9.96. The highest BCUT2D eigenvalue weighted by molar-refractivity contribution is 6.03. The van der Waals surface area contributed by atoms with Gasteiger partial charge in [-0.25, -0.2) is 13.8 Å². The SMILES string of the molecule is C#Cc1c(F)ccc2cc(O)cc(-c3ncc4c(N5C[C@H]6CC[C@@H](C5)O6)nc(N5CC6CCC(C5)N6C)nc4c3F)c12. The Labute approximate surface area is 241 Å². The number of benzene rings is 2. The predicted molar refractivity (Wildman–Crippen MR) is 157 cm³/mol. The van der Waals surface area contributed by atoms with Gasteiger partial charge in [0.25, 0.3) is 0 Å². The molecule has 0 aliphatic carbocycles. The highest BCUT2D eigenvalue weighted by Crippen LogP contribution is 2.40. The summed E-state index contributed by atoms with van der Waals surface area (Å²) in [6.07, 6.45) is 11.7. The van der Waals surface area contributed by atoms with Crippen molar-refractivity contribution in [3.63, 3.8) is 0 Å². The van der Waals surface area contributed by atoms with E-state index >= 15 is 4.39 Å². The van der Waals surface area contributed by atoms with Crippen LogP contribution in [0.25, 0.3) is 32.9 Å². The number of aromatic hydroxyl groups is 1. The van der Waals surface area contributed by atoms with Crippen LogP contribution >= 0.6 is 0 Å². The number of likely N-dealkylation sites (N-methyl/N-ethyl adjacent to an activating group) is 1. The summed E-state index contributed by atoms with van der Waals surface area (Å²) in [6, 6.07) is 6.42. The van der Waals surface area contributed by atoms with Crippen LogP contribution in [-0.4, -0.2) is 82.5 Å². The van der Waals surface area contributed by atoms with Gasteiger partial charge < -0.3 is 19.6 Å². The van der Waals surface area contributed by atoms with Crippen molar-refractivity contribution in [3.05, 3.63) is 47.7 Å². The highest BCUT2D eigenvalue weighted by atomic mass is 19.1. The summed E-state index contributed by atoms with van der Waals surface area (Å²) in [7, 11) is 2.17. The standard InChI is InChI=1S/C32H30F2N6O2/c1-3-23-26(33)9-4-17-10-20(41)11-24(27(17)23)29-28(34)30-25(12-35-29)31(39-15-21-7-8-22(16-39)42-21)37-32(36-30)40-13-18-5-6-19(14-40)38(18)2/h1,4,9-12,18-19,21-22,41H,5-8,13-16H2,2H3/t18?,19?,21-,22+. The largest absolute Gasteiger partial charge is 0.508 e. The Balaban J connectivity index is 1.34. The molecule has 8 nitrogen and oxygen atoms in total. The van der Waals surface area contributed by atoms with Gasteiger partial charge in [-0.1, -0.05) is 12.0 Å². The zero-order valence-corrected chi connectivity index (χ0v) is 23.2. The molecule has 10 heteroatoms. The van der Waals surface area contributed by atoms with Gasteiger partial charge in [0, 0.05) is 55.4 Å². The van der Waals surface area contributed by atoms with Crippen LogP contribution in [-0.2, 0) is 4.74 Å². The monoisotopic (exact) mass is 568 g/mol. The number of halogens is 2. The second-order valence-electron chi connectivity index (χ2n) is 12.0. The number of aromatic nitrogens is 3. The number of anilines is 2. The molecule has 4 aliphatic rings. The van der Waals surface area contributed by atoms with Crippen molar-refractivity contribution >= 4 is 33.4 Å². The van der Waals surface area contributed by atoms with Crippen molar-refractivity contribution in [2.45, 2.75) is 50.0 Å². The lowest BCUT2D eigenvalue weighted by Crippen LogP contribution is -2.52. The third-order valence-electron chi connectivity index (χ3n) is 9.58. The van der Waals surface area contributed by atoms with Gasteiger partial charge in [-0.15, -0.1) is 6.42 Å². The molecule has 0 amide bonds. The van der Waals surface area contributed by atoms with Gasteiger partial charge >= 0.3 is 0 Å². The van der Waals surface area contributed by atoms with Gasteiger partial charge in [-0.05, 0) is 56.3 Å². The lowest BCUT2D eigenvalue weighted by Gasteiger charge is -2.39. The van der Waals surface area contributed by atoms with Gasteiger partial charge in [0.05, 0.1) is 23.2 Å². The molecule has 214 valence electrons. The molecule has 2 aromatic heterocycles. The molecule has 0 saturated carbocycles. The first-order chi connectivity index (χ1) is 20.4. The quantitative estimate of drug-likeness (QED) is 0.363. The van der Waals surface area contributed by atoms with E-state index in [9.17, 15) is 9.50 Å². The third kappa shape index (κ3) is 3.91. The fourth-order valence-electron chi connectivity index (χ4n) is 7.42. The average Bonchev–Trinajstić information content (AvgIpc) is 3.40. The Morgan fingerprint density at radius 3 is 2.43 bits per heavy atom. The maximum atomic E-state index is 16.8. The number of rotatable bonds is 3. The van der Waals surface area contributed by atoms with Crippen molar-refractivity contribution in [1.29, 1.82) is 0 Å². The summed E-state index contributed by atoms with van der Waals surface area (Å²) < 4.78 is 37.7. The van der Waals surface area contributed by atoms with Crippen molar-refractivity contribution in [2.75, 3.05) is 43.0 Å². The first-order valence-electron chi connectivity index (χ1n) is 14.5. The molecule has 2 unspecified atom stereocenters. The van der Waals surface area contributed by atoms with E-state index in [2.05, 4.69) is 32.7 Å². The Hall–Kier alpha value is -4.07. The van der Waals surface area contributed by atoms with E-state index in [0.29, 0.717) is 53.1 Å². The maximum absolute atomic E-state index is 16.8.